The van der Waals surface area contributed by atoms with E-state index in [9.17, 15) is 4.79 Å². The summed E-state index contributed by atoms with van der Waals surface area (Å²) in [6.45, 7) is 1.63. The van der Waals surface area contributed by atoms with Gasteiger partial charge in [0.2, 0.25) is 11.8 Å². The molecule has 0 N–H and O–H groups in total. The molecule has 1 fully saturated rings. The number of methoxy groups -OCH3 is 1. The number of amides is 1. The first-order chi connectivity index (χ1) is 14.7. The number of carbonyl (C=O) groups is 1. The Bertz CT molecular complexity index is 951. The number of ether oxygens (including phenoxy) is 1. The third-order valence-corrected chi connectivity index (χ3v) is 6.20. The molecule has 1 saturated heterocycles. The van der Waals surface area contributed by atoms with Crippen molar-refractivity contribution < 1.29 is 13.9 Å². The molecule has 1 aliphatic heterocycles. The first kappa shape index (κ1) is 20.5. The minimum Gasteiger partial charge on any atom is -0.497 e. The molecule has 30 heavy (non-hydrogen) atoms. The molecule has 156 valence electrons. The lowest BCUT2D eigenvalue weighted by Crippen LogP contribution is -2.39. The van der Waals surface area contributed by atoms with Gasteiger partial charge in [0.25, 0.3) is 5.22 Å². The molecule has 3 aromatic rings. The Morgan fingerprint density at radius 2 is 1.83 bits per heavy atom. The highest BCUT2D eigenvalue weighted by Gasteiger charge is 2.23. The lowest BCUT2D eigenvalue weighted by atomic mass is 9.90. The van der Waals surface area contributed by atoms with Gasteiger partial charge in [-0.25, -0.2) is 0 Å². The van der Waals surface area contributed by atoms with Gasteiger partial charge in [-0.05, 0) is 55.0 Å². The molecule has 2 heterocycles. The average molecular weight is 424 g/mol. The fourth-order valence-electron chi connectivity index (χ4n) is 3.67. The average Bonchev–Trinajstić information content (AvgIpc) is 3.28. The molecule has 4 rings (SSSR count). The topological polar surface area (TPSA) is 68.5 Å². The van der Waals surface area contributed by atoms with Gasteiger partial charge in [-0.3, -0.25) is 4.79 Å². The Hall–Kier alpha value is -2.80. The maximum atomic E-state index is 12.6. The monoisotopic (exact) mass is 423 g/mol. The largest absolute Gasteiger partial charge is 0.497 e. The number of thioether (sulfide) groups is 1. The van der Waals surface area contributed by atoms with Crippen LogP contribution in [0.1, 0.15) is 18.4 Å². The fraction of sp³-hybridized carbons (Fsp3) is 0.348. The minimum absolute atomic E-state index is 0.127. The van der Waals surface area contributed by atoms with Gasteiger partial charge in [0.1, 0.15) is 5.75 Å². The van der Waals surface area contributed by atoms with Crippen LogP contribution >= 0.6 is 11.8 Å². The van der Waals surface area contributed by atoms with Crippen LogP contribution in [0.4, 0.5) is 0 Å². The van der Waals surface area contributed by atoms with E-state index in [0.717, 1.165) is 43.7 Å². The van der Waals surface area contributed by atoms with Gasteiger partial charge in [0, 0.05) is 18.7 Å². The van der Waals surface area contributed by atoms with Gasteiger partial charge < -0.3 is 14.1 Å². The normalized spacial score (nSPS) is 14.6. The highest BCUT2D eigenvalue weighted by atomic mass is 32.2. The molecule has 1 aromatic heterocycles. The zero-order valence-corrected chi connectivity index (χ0v) is 17.8. The van der Waals surface area contributed by atoms with Crippen LogP contribution in [0.25, 0.3) is 11.5 Å². The van der Waals surface area contributed by atoms with Crippen molar-refractivity contribution in [3.05, 3.63) is 60.2 Å². The summed E-state index contributed by atoms with van der Waals surface area (Å²) in [7, 11) is 1.62. The summed E-state index contributed by atoms with van der Waals surface area (Å²) >= 11 is 1.29. The smallest absolute Gasteiger partial charge is 0.277 e. The summed E-state index contributed by atoms with van der Waals surface area (Å²) in [5, 5.41) is 8.54. The van der Waals surface area contributed by atoms with Crippen LogP contribution in [0.3, 0.4) is 0 Å². The maximum absolute atomic E-state index is 12.6. The summed E-state index contributed by atoms with van der Waals surface area (Å²) in [6, 6.07) is 18.0. The second-order valence-corrected chi connectivity index (χ2v) is 8.33. The molecule has 7 heteroatoms. The Labute approximate surface area is 180 Å². The molecule has 2 aromatic carbocycles. The van der Waals surface area contributed by atoms with Gasteiger partial charge in [-0.1, -0.05) is 42.1 Å². The molecule has 0 spiro atoms. The summed E-state index contributed by atoms with van der Waals surface area (Å²) < 4.78 is 10.8. The number of carbonyl (C=O) groups excluding carboxylic acids is 1. The molecule has 1 amide bonds. The number of likely N-dealkylation sites (tertiary alicyclic amines) is 1. The van der Waals surface area contributed by atoms with Crippen LogP contribution in [0.5, 0.6) is 5.75 Å². The Morgan fingerprint density at radius 1 is 1.10 bits per heavy atom. The quantitative estimate of drug-likeness (QED) is 0.527. The van der Waals surface area contributed by atoms with Crippen LogP contribution in [0.15, 0.2) is 64.2 Å². The second-order valence-electron chi connectivity index (χ2n) is 7.40. The number of nitrogens with zero attached hydrogens (tertiary/aromatic N) is 3. The van der Waals surface area contributed by atoms with Crippen molar-refractivity contribution in [1.29, 1.82) is 0 Å². The van der Waals surface area contributed by atoms with E-state index in [1.165, 1.54) is 17.3 Å². The Morgan fingerprint density at radius 3 is 2.53 bits per heavy atom. The van der Waals surface area contributed by atoms with Crippen molar-refractivity contribution in [3.63, 3.8) is 0 Å². The van der Waals surface area contributed by atoms with E-state index in [2.05, 4.69) is 34.5 Å². The summed E-state index contributed by atoms with van der Waals surface area (Å²) in [4.78, 5) is 14.5. The number of rotatable bonds is 7. The summed E-state index contributed by atoms with van der Waals surface area (Å²) in [6.07, 6.45) is 3.19. The molecule has 0 aliphatic carbocycles. The molecule has 0 saturated carbocycles. The van der Waals surface area contributed by atoms with Gasteiger partial charge in [0.05, 0.1) is 12.9 Å². The van der Waals surface area contributed by atoms with Crippen molar-refractivity contribution in [2.24, 2.45) is 5.92 Å². The second kappa shape index (κ2) is 9.80. The van der Waals surface area contributed by atoms with Crippen molar-refractivity contribution in [1.82, 2.24) is 15.1 Å². The molecular formula is C23H25N3O3S. The van der Waals surface area contributed by atoms with E-state index < -0.39 is 0 Å². The van der Waals surface area contributed by atoms with Crippen LogP contribution in [0, 0.1) is 5.92 Å². The van der Waals surface area contributed by atoms with Gasteiger partial charge >= 0.3 is 0 Å². The number of piperidine rings is 1. The molecule has 0 unspecified atom stereocenters. The van der Waals surface area contributed by atoms with Crippen molar-refractivity contribution in [3.8, 4) is 17.2 Å². The highest BCUT2D eigenvalue weighted by Crippen LogP contribution is 2.26. The van der Waals surface area contributed by atoms with E-state index in [4.69, 9.17) is 9.15 Å². The van der Waals surface area contributed by atoms with Crippen molar-refractivity contribution in [2.75, 3.05) is 26.0 Å². The Balaban J connectivity index is 1.24. The Kier molecular flexibility index (Phi) is 6.69. The van der Waals surface area contributed by atoms with Gasteiger partial charge in [0.15, 0.2) is 0 Å². The van der Waals surface area contributed by atoms with Crippen LogP contribution < -0.4 is 4.74 Å². The standard InChI is InChI=1S/C23H25N3O3S/c1-28-20-9-7-19(8-10-20)22-24-25-23(29-22)30-16-21(27)26-13-11-18(12-14-26)15-17-5-3-2-4-6-17/h2-10,18H,11-16H2,1H3. The highest BCUT2D eigenvalue weighted by molar-refractivity contribution is 7.99. The summed E-state index contributed by atoms with van der Waals surface area (Å²) in [5.74, 6) is 2.29. The lowest BCUT2D eigenvalue weighted by Gasteiger charge is -2.32. The van der Waals surface area contributed by atoms with Crippen LogP contribution in [0.2, 0.25) is 0 Å². The van der Waals surface area contributed by atoms with Gasteiger partial charge in [-0.15, -0.1) is 10.2 Å². The molecular weight excluding hydrogens is 398 g/mol. The van der Waals surface area contributed by atoms with E-state index in [-0.39, 0.29) is 5.91 Å². The van der Waals surface area contributed by atoms with Crippen molar-refractivity contribution >= 4 is 17.7 Å². The van der Waals surface area contributed by atoms with Crippen LogP contribution in [-0.2, 0) is 11.2 Å². The number of hydrogen-bond donors (Lipinski definition) is 0. The molecule has 0 radical (unpaired) electrons. The zero-order chi connectivity index (χ0) is 20.8. The predicted octanol–water partition coefficient (Wildman–Crippen LogP) is 4.32. The van der Waals surface area contributed by atoms with Crippen molar-refractivity contribution in [2.45, 2.75) is 24.5 Å². The lowest BCUT2D eigenvalue weighted by molar-refractivity contribution is -0.129. The number of hydrogen-bond acceptors (Lipinski definition) is 6. The number of benzene rings is 2. The van der Waals surface area contributed by atoms with E-state index in [1.807, 2.05) is 35.2 Å². The zero-order valence-electron chi connectivity index (χ0n) is 17.0. The van der Waals surface area contributed by atoms with E-state index in [1.54, 1.807) is 7.11 Å². The SMILES string of the molecule is COc1ccc(-c2nnc(SCC(=O)N3CCC(Cc4ccccc4)CC3)o2)cc1. The van der Waals surface area contributed by atoms with E-state index >= 15 is 0 Å². The van der Waals surface area contributed by atoms with E-state index in [0.29, 0.717) is 22.8 Å². The predicted molar refractivity (Wildman–Crippen MR) is 116 cm³/mol. The minimum atomic E-state index is 0.127. The summed E-state index contributed by atoms with van der Waals surface area (Å²) in [5.41, 5.74) is 2.20. The third kappa shape index (κ3) is 5.21. The molecule has 1 aliphatic rings. The molecule has 0 atom stereocenters. The third-order valence-electron chi connectivity index (χ3n) is 5.40. The van der Waals surface area contributed by atoms with Crippen LogP contribution in [-0.4, -0.2) is 47.0 Å². The maximum Gasteiger partial charge on any atom is 0.277 e. The molecule has 0 bridgehead atoms. The number of aromatic nitrogens is 2. The van der Waals surface area contributed by atoms with Gasteiger partial charge in [-0.2, -0.15) is 0 Å². The fourth-order valence-corrected chi connectivity index (χ4v) is 4.33. The first-order valence-electron chi connectivity index (χ1n) is 10.1. The molecule has 6 nitrogen and oxygen atoms in total. The first-order valence-corrected chi connectivity index (χ1v) is 11.1.